The number of carbonyl (C=O) groups excluding carboxylic acids is 2. The van der Waals surface area contributed by atoms with Crippen LogP contribution in [0.25, 0.3) is 0 Å². The molecule has 2 amide bonds. The van der Waals surface area contributed by atoms with Gasteiger partial charge >= 0.3 is 0 Å². The number of hydrogen-bond acceptors (Lipinski definition) is 6. The predicted octanol–water partition coefficient (Wildman–Crippen LogP) is 2.66. The van der Waals surface area contributed by atoms with Crippen molar-refractivity contribution in [3.05, 3.63) is 63.0 Å². The van der Waals surface area contributed by atoms with E-state index < -0.39 is 22.3 Å². The first-order valence-electron chi connectivity index (χ1n) is 9.52. The number of ether oxygens (including phenoxy) is 2. The molecule has 1 aliphatic heterocycles. The first kappa shape index (κ1) is 22.0. The van der Waals surface area contributed by atoms with E-state index in [4.69, 9.17) is 9.47 Å². The molecule has 0 aliphatic carbocycles. The second-order valence-corrected chi connectivity index (χ2v) is 7.01. The number of benzene rings is 2. The lowest BCUT2D eigenvalue weighted by molar-refractivity contribution is -0.385. The molecule has 0 atom stereocenters. The van der Waals surface area contributed by atoms with Gasteiger partial charge in [0.05, 0.1) is 30.3 Å². The number of nitrogens with zero attached hydrogens (tertiary/aromatic N) is 3. The Labute approximate surface area is 178 Å². The van der Waals surface area contributed by atoms with Crippen LogP contribution in [0.4, 0.5) is 10.1 Å². The number of amides is 2. The van der Waals surface area contributed by atoms with Crippen molar-refractivity contribution >= 4 is 17.5 Å². The topological polar surface area (TPSA) is 102 Å². The van der Waals surface area contributed by atoms with Gasteiger partial charge in [-0.1, -0.05) is 0 Å². The minimum Gasteiger partial charge on any atom is -0.497 e. The Balaban J connectivity index is 1.72. The Morgan fingerprint density at radius 1 is 1.00 bits per heavy atom. The molecule has 2 aromatic carbocycles. The summed E-state index contributed by atoms with van der Waals surface area (Å²) in [6.45, 7) is 2.24. The maximum atomic E-state index is 14.1. The van der Waals surface area contributed by atoms with E-state index >= 15 is 0 Å². The Hall–Kier alpha value is -3.69. The van der Waals surface area contributed by atoms with E-state index in [2.05, 4.69) is 0 Å². The predicted molar refractivity (Wildman–Crippen MR) is 109 cm³/mol. The molecule has 0 unspecified atom stereocenters. The minimum atomic E-state index is -0.807. The van der Waals surface area contributed by atoms with Crippen LogP contribution in [0.5, 0.6) is 11.5 Å². The number of nitro groups is 1. The molecule has 0 aromatic heterocycles. The molecule has 0 saturated carbocycles. The molecular weight excluding hydrogens is 409 g/mol. The SMILES string of the molecule is COc1ccc(C(=O)N2CCN(C(=O)c3cc(F)c(C)c([N+](=O)[O-])c3)CC2)c(OC)c1. The summed E-state index contributed by atoms with van der Waals surface area (Å²) in [5, 5.41) is 11.1. The van der Waals surface area contributed by atoms with E-state index in [0.29, 0.717) is 17.1 Å². The zero-order valence-corrected chi connectivity index (χ0v) is 17.4. The maximum Gasteiger partial charge on any atom is 0.276 e. The minimum absolute atomic E-state index is 0.0913. The van der Waals surface area contributed by atoms with E-state index in [1.54, 1.807) is 23.1 Å². The lowest BCUT2D eigenvalue weighted by atomic mass is 10.1. The van der Waals surface area contributed by atoms with Gasteiger partial charge in [-0.05, 0) is 25.1 Å². The van der Waals surface area contributed by atoms with Crippen molar-refractivity contribution in [3.8, 4) is 11.5 Å². The molecule has 1 heterocycles. The van der Waals surface area contributed by atoms with Crippen molar-refractivity contribution in [2.24, 2.45) is 0 Å². The molecule has 1 aliphatic rings. The second-order valence-electron chi connectivity index (χ2n) is 7.01. The highest BCUT2D eigenvalue weighted by Gasteiger charge is 2.28. The number of nitro benzene ring substituents is 1. The molecule has 0 spiro atoms. The van der Waals surface area contributed by atoms with Gasteiger partial charge in [0, 0.05) is 43.9 Å². The Morgan fingerprint density at radius 2 is 1.61 bits per heavy atom. The summed E-state index contributed by atoms with van der Waals surface area (Å²) in [5.74, 6) is -0.633. The fraction of sp³-hybridized carbons (Fsp3) is 0.333. The third-order valence-electron chi connectivity index (χ3n) is 5.25. The van der Waals surface area contributed by atoms with Crippen molar-refractivity contribution < 1.29 is 28.4 Å². The highest BCUT2D eigenvalue weighted by molar-refractivity contribution is 5.98. The smallest absolute Gasteiger partial charge is 0.276 e. The first-order valence-corrected chi connectivity index (χ1v) is 9.52. The molecule has 9 nitrogen and oxygen atoms in total. The van der Waals surface area contributed by atoms with E-state index in [9.17, 15) is 24.1 Å². The average molecular weight is 431 g/mol. The molecule has 164 valence electrons. The molecule has 31 heavy (non-hydrogen) atoms. The van der Waals surface area contributed by atoms with Crippen molar-refractivity contribution in [1.82, 2.24) is 9.80 Å². The lowest BCUT2D eigenvalue weighted by Gasteiger charge is -2.35. The van der Waals surface area contributed by atoms with Gasteiger partial charge in [-0.2, -0.15) is 0 Å². The molecule has 0 radical (unpaired) electrons. The van der Waals surface area contributed by atoms with Crippen LogP contribution >= 0.6 is 0 Å². The molecule has 1 saturated heterocycles. The summed E-state index contributed by atoms with van der Waals surface area (Å²) in [7, 11) is 2.98. The molecule has 0 N–H and O–H groups in total. The summed E-state index contributed by atoms with van der Waals surface area (Å²) >= 11 is 0. The monoisotopic (exact) mass is 431 g/mol. The van der Waals surface area contributed by atoms with Crippen molar-refractivity contribution in [2.75, 3.05) is 40.4 Å². The van der Waals surface area contributed by atoms with Crippen molar-refractivity contribution in [3.63, 3.8) is 0 Å². The summed E-state index contributed by atoms with van der Waals surface area (Å²) < 4.78 is 24.5. The standard InChI is InChI=1S/C21H22FN3O6/c1-13-17(22)10-14(11-18(13)25(28)29)20(26)23-6-8-24(9-7-23)21(27)16-5-4-15(30-2)12-19(16)31-3/h4-5,10-12H,6-9H2,1-3H3. The van der Waals surface area contributed by atoms with Crippen LogP contribution in [0.1, 0.15) is 26.3 Å². The summed E-state index contributed by atoms with van der Waals surface area (Å²) in [5.41, 5.74) is -0.278. The largest absolute Gasteiger partial charge is 0.497 e. The zero-order valence-electron chi connectivity index (χ0n) is 17.4. The number of methoxy groups -OCH3 is 2. The van der Waals surface area contributed by atoms with E-state index in [0.717, 1.165) is 12.1 Å². The van der Waals surface area contributed by atoms with Gasteiger partial charge in [0.2, 0.25) is 0 Å². The molecule has 2 aromatic rings. The third kappa shape index (κ3) is 4.42. The number of halogens is 1. The van der Waals surface area contributed by atoms with Gasteiger partial charge in [0.25, 0.3) is 17.5 Å². The van der Waals surface area contributed by atoms with Crippen LogP contribution < -0.4 is 9.47 Å². The van der Waals surface area contributed by atoms with E-state index in [1.807, 2.05) is 0 Å². The third-order valence-corrected chi connectivity index (χ3v) is 5.25. The van der Waals surface area contributed by atoms with Gasteiger partial charge in [0.1, 0.15) is 17.3 Å². The number of hydrogen-bond donors (Lipinski definition) is 0. The van der Waals surface area contributed by atoms with Crippen LogP contribution in [-0.2, 0) is 0 Å². The Kier molecular flexibility index (Phi) is 6.38. The quantitative estimate of drug-likeness (QED) is 0.533. The van der Waals surface area contributed by atoms with Crippen LogP contribution in [0.15, 0.2) is 30.3 Å². The van der Waals surface area contributed by atoms with E-state index in [-0.39, 0.29) is 43.2 Å². The zero-order chi connectivity index (χ0) is 22.7. The van der Waals surface area contributed by atoms with Crippen LogP contribution in [0.2, 0.25) is 0 Å². The fourth-order valence-electron chi connectivity index (χ4n) is 3.42. The molecule has 0 bridgehead atoms. The number of piperazine rings is 1. The van der Waals surface area contributed by atoms with Crippen molar-refractivity contribution in [1.29, 1.82) is 0 Å². The number of carbonyl (C=O) groups is 2. The van der Waals surface area contributed by atoms with Crippen LogP contribution in [0, 0.1) is 22.9 Å². The summed E-state index contributed by atoms with van der Waals surface area (Å²) in [4.78, 5) is 39.1. The molecule has 1 fully saturated rings. The van der Waals surface area contributed by atoms with Crippen LogP contribution in [0.3, 0.4) is 0 Å². The summed E-state index contributed by atoms with van der Waals surface area (Å²) in [6, 6.07) is 6.98. The Bertz CT molecular complexity index is 1030. The highest BCUT2D eigenvalue weighted by Crippen LogP contribution is 2.27. The van der Waals surface area contributed by atoms with Crippen LogP contribution in [-0.4, -0.2) is 66.9 Å². The fourth-order valence-corrected chi connectivity index (χ4v) is 3.42. The van der Waals surface area contributed by atoms with Gasteiger partial charge < -0.3 is 19.3 Å². The normalized spacial score (nSPS) is 13.7. The summed E-state index contributed by atoms with van der Waals surface area (Å²) in [6.07, 6.45) is 0. The number of rotatable bonds is 5. The van der Waals surface area contributed by atoms with Gasteiger partial charge in [0.15, 0.2) is 0 Å². The maximum absolute atomic E-state index is 14.1. The molecule has 3 rings (SSSR count). The van der Waals surface area contributed by atoms with E-state index in [1.165, 1.54) is 26.0 Å². The van der Waals surface area contributed by atoms with Gasteiger partial charge in [-0.25, -0.2) is 4.39 Å². The van der Waals surface area contributed by atoms with Gasteiger partial charge in [-0.15, -0.1) is 0 Å². The van der Waals surface area contributed by atoms with Crippen molar-refractivity contribution in [2.45, 2.75) is 6.92 Å². The molecular formula is C21H22FN3O6. The lowest BCUT2D eigenvalue weighted by Crippen LogP contribution is -2.50. The second kappa shape index (κ2) is 8.99. The highest BCUT2D eigenvalue weighted by atomic mass is 19.1. The van der Waals surface area contributed by atoms with Gasteiger partial charge in [-0.3, -0.25) is 19.7 Å². The average Bonchev–Trinajstić information content (AvgIpc) is 2.79. The Morgan fingerprint density at radius 3 is 2.16 bits per heavy atom. The molecule has 10 heteroatoms. The first-order chi connectivity index (χ1) is 14.8.